The molecule has 0 radical (unpaired) electrons. The molecule has 17 heavy (non-hydrogen) atoms. The van der Waals surface area contributed by atoms with Crippen LogP contribution in [0.15, 0.2) is 40.6 Å². The molecule has 0 atom stereocenters. The van der Waals surface area contributed by atoms with Crippen LogP contribution < -0.4 is 0 Å². The number of hydrogen-bond donors (Lipinski definition) is 1. The highest BCUT2D eigenvalue weighted by molar-refractivity contribution is 7.99. The second kappa shape index (κ2) is 4.92. The summed E-state index contributed by atoms with van der Waals surface area (Å²) in [5.74, 6) is -0.294. The minimum absolute atomic E-state index is 0.216. The summed E-state index contributed by atoms with van der Waals surface area (Å²) >= 11 is 1.31. The summed E-state index contributed by atoms with van der Waals surface area (Å²) < 4.78 is 0. The fraction of sp³-hybridized carbons (Fsp3) is 0.0909. The number of aromatic nitrogens is 3. The molecule has 1 N–H and O–H groups in total. The van der Waals surface area contributed by atoms with Crippen LogP contribution in [0.4, 0.5) is 0 Å². The van der Waals surface area contributed by atoms with Crippen LogP contribution >= 0.6 is 11.8 Å². The van der Waals surface area contributed by atoms with E-state index in [4.69, 9.17) is 5.11 Å². The SMILES string of the molecule is Cc1nccc(Sc2cc(C(=O)O)ccn2)n1. The van der Waals surface area contributed by atoms with E-state index in [0.29, 0.717) is 10.9 Å². The van der Waals surface area contributed by atoms with Crippen molar-refractivity contribution in [2.24, 2.45) is 0 Å². The Kier molecular flexibility index (Phi) is 3.34. The average Bonchev–Trinajstić information content (AvgIpc) is 2.29. The first-order valence-corrected chi connectivity index (χ1v) is 5.63. The number of carboxylic acids is 1. The molecule has 0 saturated heterocycles. The van der Waals surface area contributed by atoms with Crippen LogP contribution in [-0.2, 0) is 0 Å². The van der Waals surface area contributed by atoms with Crippen molar-refractivity contribution < 1.29 is 9.90 Å². The van der Waals surface area contributed by atoms with E-state index in [1.165, 1.54) is 30.1 Å². The number of pyridine rings is 1. The third-order valence-electron chi connectivity index (χ3n) is 1.94. The lowest BCUT2D eigenvalue weighted by Crippen LogP contribution is -1.97. The Morgan fingerprint density at radius 2 is 2.00 bits per heavy atom. The van der Waals surface area contributed by atoms with Gasteiger partial charge in [-0.2, -0.15) is 0 Å². The topological polar surface area (TPSA) is 76.0 Å². The van der Waals surface area contributed by atoms with E-state index < -0.39 is 5.97 Å². The van der Waals surface area contributed by atoms with E-state index in [1.807, 2.05) is 0 Å². The second-order valence-electron chi connectivity index (χ2n) is 3.23. The molecular formula is C11H9N3O2S. The molecule has 0 aliphatic rings. The first kappa shape index (κ1) is 11.5. The van der Waals surface area contributed by atoms with Gasteiger partial charge in [0.25, 0.3) is 0 Å². The lowest BCUT2D eigenvalue weighted by molar-refractivity contribution is 0.0696. The van der Waals surface area contributed by atoms with E-state index >= 15 is 0 Å². The zero-order valence-corrected chi connectivity index (χ0v) is 9.81. The first-order chi connectivity index (χ1) is 8.15. The van der Waals surface area contributed by atoms with Gasteiger partial charge in [-0.05, 0) is 36.9 Å². The van der Waals surface area contributed by atoms with Crippen molar-refractivity contribution in [2.45, 2.75) is 17.0 Å². The molecule has 0 fully saturated rings. The first-order valence-electron chi connectivity index (χ1n) is 4.82. The van der Waals surface area contributed by atoms with Crippen LogP contribution in [0, 0.1) is 6.92 Å². The van der Waals surface area contributed by atoms with Gasteiger partial charge in [-0.15, -0.1) is 0 Å². The third kappa shape index (κ3) is 3.01. The van der Waals surface area contributed by atoms with Crippen LogP contribution in [0.3, 0.4) is 0 Å². The number of carboxylic acid groups (broad SMARTS) is 1. The van der Waals surface area contributed by atoms with Crippen molar-refractivity contribution in [3.05, 3.63) is 42.0 Å². The summed E-state index contributed by atoms with van der Waals surface area (Å²) in [7, 11) is 0. The Hall–Kier alpha value is -1.95. The highest BCUT2D eigenvalue weighted by Crippen LogP contribution is 2.24. The largest absolute Gasteiger partial charge is 0.478 e. The minimum atomic E-state index is -0.965. The van der Waals surface area contributed by atoms with E-state index in [9.17, 15) is 4.79 Å². The van der Waals surface area contributed by atoms with Gasteiger partial charge in [-0.25, -0.2) is 19.7 Å². The maximum absolute atomic E-state index is 10.8. The van der Waals surface area contributed by atoms with Gasteiger partial charge in [0.1, 0.15) is 15.9 Å². The van der Waals surface area contributed by atoms with Gasteiger partial charge in [0, 0.05) is 12.4 Å². The van der Waals surface area contributed by atoms with Gasteiger partial charge in [-0.3, -0.25) is 0 Å². The summed E-state index contributed by atoms with van der Waals surface area (Å²) in [6, 6.07) is 4.73. The summed E-state index contributed by atoms with van der Waals surface area (Å²) in [6.07, 6.45) is 3.13. The summed E-state index contributed by atoms with van der Waals surface area (Å²) in [5.41, 5.74) is 0.216. The minimum Gasteiger partial charge on any atom is -0.478 e. The van der Waals surface area contributed by atoms with E-state index in [-0.39, 0.29) is 5.56 Å². The average molecular weight is 247 g/mol. The zero-order valence-electron chi connectivity index (χ0n) is 8.99. The smallest absolute Gasteiger partial charge is 0.335 e. The molecule has 0 aliphatic carbocycles. The van der Waals surface area contributed by atoms with Gasteiger partial charge in [0.15, 0.2) is 0 Å². The Bertz CT molecular complexity index is 560. The van der Waals surface area contributed by atoms with Gasteiger partial charge in [-0.1, -0.05) is 0 Å². The normalized spacial score (nSPS) is 10.2. The number of rotatable bonds is 3. The molecule has 2 aromatic heterocycles. The lowest BCUT2D eigenvalue weighted by atomic mass is 10.3. The molecule has 2 aromatic rings. The Morgan fingerprint density at radius 3 is 2.71 bits per heavy atom. The molecule has 0 aromatic carbocycles. The van der Waals surface area contributed by atoms with Crippen LogP contribution in [-0.4, -0.2) is 26.0 Å². The zero-order chi connectivity index (χ0) is 12.3. The molecule has 0 unspecified atom stereocenters. The highest BCUT2D eigenvalue weighted by atomic mass is 32.2. The maximum atomic E-state index is 10.8. The van der Waals surface area contributed by atoms with Crippen molar-refractivity contribution in [3.63, 3.8) is 0 Å². The van der Waals surface area contributed by atoms with Crippen molar-refractivity contribution in [2.75, 3.05) is 0 Å². The Labute approximate surface area is 102 Å². The molecule has 0 spiro atoms. The molecule has 0 amide bonds. The Balaban J connectivity index is 2.24. The molecule has 0 aliphatic heterocycles. The monoisotopic (exact) mass is 247 g/mol. The van der Waals surface area contributed by atoms with E-state index in [0.717, 1.165) is 5.03 Å². The van der Waals surface area contributed by atoms with Crippen LogP contribution in [0.1, 0.15) is 16.2 Å². The van der Waals surface area contributed by atoms with Gasteiger partial charge >= 0.3 is 5.97 Å². The maximum Gasteiger partial charge on any atom is 0.335 e. The predicted molar refractivity (Wildman–Crippen MR) is 62.1 cm³/mol. The third-order valence-corrected chi connectivity index (χ3v) is 2.81. The number of aromatic carboxylic acids is 1. The molecule has 86 valence electrons. The van der Waals surface area contributed by atoms with E-state index in [1.54, 1.807) is 19.2 Å². The number of aryl methyl sites for hydroxylation is 1. The van der Waals surface area contributed by atoms with Crippen molar-refractivity contribution in [3.8, 4) is 0 Å². The molecule has 0 bridgehead atoms. The highest BCUT2D eigenvalue weighted by Gasteiger charge is 2.06. The summed E-state index contributed by atoms with van der Waals surface area (Å²) in [5, 5.41) is 10.2. The lowest BCUT2D eigenvalue weighted by Gasteiger charge is -2.01. The van der Waals surface area contributed by atoms with Crippen LogP contribution in [0.2, 0.25) is 0 Å². The quantitative estimate of drug-likeness (QED) is 0.836. The molecule has 2 heterocycles. The Morgan fingerprint density at radius 1 is 1.24 bits per heavy atom. The molecule has 0 saturated carbocycles. The number of nitrogens with zero attached hydrogens (tertiary/aromatic N) is 3. The standard InChI is InChI=1S/C11H9N3O2S/c1-7-12-5-3-9(14-7)17-10-6-8(11(15)16)2-4-13-10/h2-6H,1H3,(H,15,16). The summed E-state index contributed by atoms with van der Waals surface area (Å²) in [6.45, 7) is 1.80. The summed E-state index contributed by atoms with van der Waals surface area (Å²) in [4.78, 5) is 23.1. The van der Waals surface area contributed by atoms with Crippen molar-refractivity contribution in [1.29, 1.82) is 0 Å². The van der Waals surface area contributed by atoms with Gasteiger partial charge in [0.05, 0.1) is 5.56 Å². The molecular weight excluding hydrogens is 238 g/mol. The van der Waals surface area contributed by atoms with Gasteiger partial charge < -0.3 is 5.11 Å². The number of hydrogen-bond acceptors (Lipinski definition) is 5. The van der Waals surface area contributed by atoms with Gasteiger partial charge in [0.2, 0.25) is 0 Å². The van der Waals surface area contributed by atoms with Crippen molar-refractivity contribution in [1.82, 2.24) is 15.0 Å². The van der Waals surface area contributed by atoms with E-state index in [2.05, 4.69) is 15.0 Å². The fourth-order valence-electron chi connectivity index (χ4n) is 1.20. The fourth-order valence-corrected chi connectivity index (χ4v) is 2.02. The molecule has 2 rings (SSSR count). The molecule has 5 nitrogen and oxygen atoms in total. The second-order valence-corrected chi connectivity index (χ2v) is 4.27. The van der Waals surface area contributed by atoms with Crippen LogP contribution in [0.25, 0.3) is 0 Å². The van der Waals surface area contributed by atoms with Crippen LogP contribution in [0.5, 0.6) is 0 Å². The number of carbonyl (C=O) groups is 1. The molecule has 6 heteroatoms. The van der Waals surface area contributed by atoms with Crippen molar-refractivity contribution >= 4 is 17.7 Å². The predicted octanol–water partition coefficient (Wildman–Crippen LogP) is 2.03.